The number of nitrogens with zero attached hydrogens (tertiary/aromatic N) is 1. The molecule has 0 fully saturated rings. The van der Waals surface area contributed by atoms with E-state index in [4.69, 9.17) is 9.05 Å². The number of aliphatic hydroxyl groups excluding tert-OH is 1. The Labute approximate surface area is 426 Å². The third kappa shape index (κ3) is 53.3. The van der Waals surface area contributed by atoms with E-state index in [9.17, 15) is 19.4 Å². The second-order valence-electron chi connectivity index (χ2n) is 20.3. The number of amides is 1. The molecule has 1 amide bonds. The Balaban J connectivity index is 4.31. The van der Waals surface area contributed by atoms with Crippen molar-refractivity contribution in [3.8, 4) is 0 Å². The lowest BCUT2D eigenvalue weighted by molar-refractivity contribution is -0.870. The molecule has 3 N–H and O–H groups in total. The maximum Gasteiger partial charge on any atom is 0.472 e. The summed E-state index contributed by atoms with van der Waals surface area (Å²) in [5.41, 5.74) is 0. The van der Waals surface area contributed by atoms with E-state index in [1.165, 1.54) is 135 Å². The number of aliphatic hydroxyl groups is 1. The van der Waals surface area contributed by atoms with Crippen molar-refractivity contribution in [1.82, 2.24) is 5.32 Å². The van der Waals surface area contributed by atoms with Gasteiger partial charge in [-0.15, -0.1) is 0 Å². The third-order valence-electron chi connectivity index (χ3n) is 12.3. The molecule has 8 nitrogen and oxygen atoms in total. The molecule has 0 aromatic carbocycles. The quantitative estimate of drug-likeness (QED) is 0.0243. The van der Waals surface area contributed by atoms with Crippen LogP contribution in [-0.4, -0.2) is 73.4 Å². The van der Waals surface area contributed by atoms with Crippen LogP contribution in [0.15, 0.2) is 85.1 Å². The fraction of sp³-hybridized carbons (Fsp3) is 0.750. The minimum atomic E-state index is -4.37. The van der Waals surface area contributed by atoms with Crippen LogP contribution in [-0.2, 0) is 18.4 Å². The first-order valence-electron chi connectivity index (χ1n) is 28.5. The van der Waals surface area contributed by atoms with E-state index >= 15 is 0 Å². The number of hydrogen-bond acceptors (Lipinski definition) is 5. The van der Waals surface area contributed by atoms with Gasteiger partial charge in [0.1, 0.15) is 13.2 Å². The molecule has 0 aliphatic carbocycles. The number of phosphoric acid groups is 1. The van der Waals surface area contributed by atoms with Crippen molar-refractivity contribution in [1.29, 1.82) is 0 Å². The van der Waals surface area contributed by atoms with Gasteiger partial charge in [-0.3, -0.25) is 13.8 Å². The summed E-state index contributed by atoms with van der Waals surface area (Å²) in [5.74, 6) is -0.207. The monoisotopic (exact) mass is 986 g/mol. The summed E-state index contributed by atoms with van der Waals surface area (Å²) < 4.78 is 23.7. The van der Waals surface area contributed by atoms with Gasteiger partial charge in [0.05, 0.1) is 39.9 Å². The van der Waals surface area contributed by atoms with Crippen LogP contribution in [0, 0.1) is 0 Å². The lowest BCUT2D eigenvalue weighted by Gasteiger charge is -2.25. The van der Waals surface area contributed by atoms with Crippen LogP contribution < -0.4 is 5.32 Å². The van der Waals surface area contributed by atoms with Gasteiger partial charge in [-0.05, 0) is 83.5 Å². The summed E-state index contributed by atoms with van der Waals surface area (Å²) in [6.07, 6.45) is 71.2. The average molecular weight is 987 g/mol. The normalized spacial score (nSPS) is 14.6. The number of hydrogen-bond donors (Lipinski definition) is 3. The van der Waals surface area contributed by atoms with Crippen LogP contribution in [0.5, 0.6) is 0 Å². The summed E-state index contributed by atoms with van der Waals surface area (Å²) >= 11 is 0. The molecule has 3 atom stereocenters. The number of carbonyl (C=O) groups excluding carboxylic acids is 1. The Morgan fingerprint density at radius 2 is 0.884 bits per heavy atom. The third-order valence-corrected chi connectivity index (χ3v) is 13.3. The van der Waals surface area contributed by atoms with E-state index in [0.29, 0.717) is 17.4 Å². The van der Waals surface area contributed by atoms with Crippen molar-refractivity contribution in [2.45, 2.75) is 251 Å². The Bertz CT molecular complexity index is 1400. The van der Waals surface area contributed by atoms with Gasteiger partial charge >= 0.3 is 7.82 Å². The van der Waals surface area contributed by atoms with Gasteiger partial charge in [0.2, 0.25) is 5.91 Å². The predicted octanol–water partition coefficient (Wildman–Crippen LogP) is 17.3. The Morgan fingerprint density at radius 1 is 0.507 bits per heavy atom. The van der Waals surface area contributed by atoms with Crippen LogP contribution in [0.25, 0.3) is 0 Å². The van der Waals surface area contributed by atoms with Gasteiger partial charge in [0, 0.05) is 6.42 Å². The number of nitrogens with one attached hydrogen (secondary N) is 1. The zero-order valence-electron chi connectivity index (χ0n) is 45.5. The molecule has 0 heterocycles. The topological polar surface area (TPSA) is 105 Å². The molecular formula is C60H110N2O6P+. The van der Waals surface area contributed by atoms with Crippen LogP contribution in [0.2, 0.25) is 0 Å². The zero-order valence-corrected chi connectivity index (χ0v) is 46.4. The van der Waals surface area contributed by atoms with Crippen molar-refractivity contribution in [2.75, 3.05) is 40.9 Å². The number of phosphoric ester groups is 1. The molecule has 3 unspecified atom stereocenters. The van der Waals surface area contributed by atoms with Gasteiger partial charge in [-0.2, -0.15) is 0 Å². The number of likely N-dealkylation sites (N-methyl/N-ethyl adjacent to an activating group) is 1. The summed E-state index contributed by atoms with van der Waals surface area (Å²) in [4.78, 5) is 23.3. The number of unbranched alkanes of at least 4 members (excludes halogenated alkanes) is 26. The van der Waals surface area contributed by atoms with E-state index in [0.717, 1.165) is 83.5 Å². The molecule has 0 rings (SSSR count). The molecule has 0 aliphatic heterocycles. The van der Waals surface area contributed by atoms with Crippen LogP contribution in [0.1, 0.15) is 239 Å². The molecule has 0 spiro atoms. The van der Waals surface area contributed by atoms with Gasteiger partial charge in [-0.1, -0.05) is 234 Å². The highest BCUT2D eigenvalue weighted by atomic mass is 31.2. The summed E-state index contributed by atoms with van der Waals surface area (Å²) in [7, 11) is 1.53. The van der Waals surface area contributed by atoms with Crippen molar-refractivity contribution in [3.05, 3.63) is 85.1 Å². The first-order valence-corrected chi connectivity index (χ1v) is 30.0. The van der Waals surface area contributed by atoms with E-state index in [1.807, 2.05) is 27.2 Å². The summed E-state index contributed by atoms with van der Waals surface area (Å²) in [5, 5.41) is 13.9. The minimum Gasteiger partial charge on any atom is -0.387 e. The maximum atomic E-state index is 13.0. The number of quaternary nitrogens is 1. The summed E-state index contributed by atoms with van der Waals surface area (Å²) in [6, 6.07) is -0.883. The molecule has 0 aromatic heterocycles. The predicted molar refractivity (Wildman–Crippen MR) is 299 cm³/mol. The van der Waals surface area contributed by atoms with Crippen molar-refractivity contribution in [3.63, 3.8) is 0 Å². The zero-order chi connectivity index (χ0) is 50.6. The second kappa shape index (κ2) is 50.6. The highest BCUT2D eigenvalue weighted by Crippen LogP contribution is 2.43. The number of rotatable bonds is 51. The van der Waals surface area contributed by atoms with Gasteiger partial charge in [0.25, 0.3) is 0 Å². The average Bonchev–Trinajstić information content (AvgIpc) is 3.31. The SMILES string of the molecule is CC/C=C\C/C=C\C/C=C\C/C=C\CCCCCCCCC(=O)NC(COP(=O)(O)OCC[N+](C)(C)C)C(O)/C=C/CC/C=C/CC/C=C/CCCCCCCCCCCCCCCCCCCC. The molecule has 0 saturated carbocycles. The minimum absolute atomic E-state index is 0.0463. The highest BCUT2D eigenvalue weighted by Gasteiger charge is 2.27. The lowest BCUT2D eigenvalue weighted by Crippen LogP contribution is -2.45. The molecule has 0 aromatic rings. The molecule has 69 heavy (non-hydrogen) atoms. The van der Waals surface area contributed by atoms with Crippen LogP contribution >= 0.6 is 7.82 Å². The highest BCUT2D eigenvalue weighted by molar-refractivity contribution is 7.47. The molecule has 0 aliphatic rings. The van der Waals surface area contributed by atoms with Crippen molar-refractivity contribution in [2.24, 2.45) is 0 Å². The Hall–Kier alpha value is -2.32. The first-order chi connectivity index (χ1) is 33.5. The summed E-state index contributed by atoms with van der Waals surface area (Å²) in [6.45, 7) is 4.67. The van der Waals surface area contributed by atoms with E-state index < -0.39 is 20.0 Å². The maximum absolute atomic E-state index is 13.0. The Morgan fingerprint density at radius 3 is 1.33 bits per heavy atom. The van der Waals surface area contributed by atoms with E-state index in [-0.39, 0.29) is 19.1 Å². The first kappa shape index (κ1) is 66.7. The van der Waals surface area contributed by atoms with E-state index in [1.54, 1.807) is 6.08 Å². The van der Waals surface area contributed by atoms with Crippen LogP contribution in [0.3, 0.4) is 0 Å². The molecular weight excluding hydrogens is 876 g/mol. The molecule has 0 saturated heterocycles. The van der Waals surface area contributed by atoms with Gasteiger partial charge < -0.3 is 19.8 Å². The number of carbonyl (C=O) groups is 1. The number of allylic oxidation sites excluding steroid dienone is 13. The second-order valence-corrected chi connectivity index (χ2v) is 21.7. The molecule has 0 bridgehead atoms. The van der Waals surface area contributed by atoms with Crippen molar-refractivity contribution < 1.29 is 32.9 Å². The molecule has 0 radical (unpaired) electrons. The lowest BCUT2D eigenvalue weighted by atomic mass is 10.0. The van der Waals surface area contributed by atoms with E-state index in [2.05, 4.69) is 92.1 Å². The van der Waals surface area contributed by atoms with Gasteiger partial charge in [-0.25, -0.2) is 4.57 Å². The van der Waals surface area contributed by atoms with Gasteiger partial charge in [0.15, 0.2) is 0 Å². The standard InChI is InChI=1S/C60H109N2O6P/c1-6-8-10-12-14-16-18-20-22-24-26-27-28-29-30-31-32-33-34-36-37-39-41-43-45-47-49-51-53-59(63)58(57-68-69(65,66)67-56-55-62(3,4)5)61-60(64)54-52-50-48-46-44-42-40-38-35-25-23-21-19-17-15-13-11-9-7-2/h9,11,15,17,21,23,35-38,43,45,51,53,58-59,63H,6-8,10,12-14,16,18-20,22,24-34,39-42,44,46-50,52,54-57H2,1-5H3,(H-,61,64,65,66)/p+1/b11-9-,17-15-,23-21-,37-36+,38-35-,45-43+,53-51+. The van der Waals surface area contributed by atoms with Crippen molar-refractivity contribution >= 4 is 13.7 Å². The smallest absolute Gasteiger partial charge is 0.387 e. The Kier molecular flexibility index (Phi) is 48.9. The van der Waals surface area contributed by atoms with Crippen LogP contribution in [0.4, 0.5) is 0 Å². The largest absolute Gasteiger partial charge is 0.472 e. The molecule has 9 heteroatoms. The fourth-order valence-corrected chi connectivity index (χ4v) is 8.62. The fourth-order valence-electron chi connectivity index (χ4n) is 7.89. The molecule has 400 valence electrons.